The zero-order valence-electron chi connectivity index (χ0n) is 10.0. The Morgan fingerprint density at radius 1 is 1.47 bits per heavy atom. The zero-order valence-corrected chi connectivity index (χ0v) is 11.6. The average Bonchev–Trinajstić information content (AvgIpc) is 2.88. The van der Waals surface area contributed by atoms with Crippen molar-refractivity contribution >= 4 is 33.2 Å². The number of benzene rings is 1. The van der Waals surface area contributed by atoms with Crippen LogP contribution in [0.3, 0.4) is 0 Å². The van der Waals surface area contributed by atoms with Gasteiger partial charge in [0.05, 0.1) is 0 Å². The second-order valence-corrected chi connectivity index (χ2v) is 6.65. The van der Waals surface area contributed by atoms with Crippen LogP contribution in [0.25, 0.3) is 0 Å². The number of nitrogens with one attached hydrogen (secondary N) is 1. The molecule has 0 saturated carbocycles. The van der Waals surface area contributed by atoms with Gasteiger partial charge in [-0.2, -0.15) is 0 Å². The van der Waals surface area contributed by atoms with Crippen molar-refractivity contribution < 1.29 is 14.4 Å². The van der Waals surface area contributed by atoms with Crippen LogP contribution in [-0.2, 0) is 11.2 Å². The van der Waals surface area contributed by atoms with E-state index < -0.39 is 5.91 Å². The third kappa shape index (κ3) is 4.14. The summed E-state index contributed by atoms with van der Waals surface area (Å²) in [6.45, 7) is 0. The molecule has 19 heavy (non-hydrogen) atoms. The van der Waals surface area contributed by atoms with E-state index in [1.165, 1.54) is 12.1 Å². The molecule has 1 aromatic rings. The molecule has 1 amide bonds. The minimum absolute atomic E-state index is 0.00694. The van der Waals surface area contributed by atoms with Crippen LogP contribution >= 0.6 is 21.6 Å². The minimum Gasteiger partial charge on any atom is -0.410 e. The van der Waals surface area contributed by atoms with Gasteiger partial charge >= 0.3 is 0 Å². The first-order valence-electron chi connectivity index (χ1n) is 5.69. The fourth-order valence-electron chi connectivity index (χ4n) is 1.66. The van der Waals surface area contributed by atoms with E-state index >= 15 is 0 Å². The van der Waals surface area contributed by atoms with Gasteiger partial charge in [-0.05, 0) is 17.7 Å². The minimum atomic E-state index is -0.403. The molecular weight excluding hydrogens is 287 g/mol. The molecule has 1 aliphatic rings. The second kappa shape index (κ2) is 6.81. The molecule has 102 valence electrons. The molecule has 7 heteroatoms. The molecule has 0 aliphatic carbocycles. The molecule has 2 N–H and O–H groups in total. The van der Waals surface area contributed by atoms with Gasteiger partial charge in [-0.3, -0.25) is 4.79 Å². The Hall–Kier alpha value is -1.21. The summed E-state index contributed by atoms with van der Waals surface area (Å²) in [5, 5.41) is 14.7. The molecule has 1 aromatic carbocycles. The summed E-state index contributed by atoms with van der Waals surface area (Å²) in [6.07, 6.45) is 0.104. The van der Waals surface area contributed by atoms with Gasteiger partial charge < -0.3 is 10.5 Å². The van der Waals surface area contributed by atoms with Crippen molar-refractivity contribution in [3.63, 3.8) is 0 Å². The summed E-state index contributed by atoms with van der Waals surface area (Å²) in [5.74, 6) is 0.906. The standard InChI is InChI=1S/C12H13FN2O2S2/c13-9-3-1-2-8(4-9)5-11(15-17)12(16)14-10-6-18-19-7-10/h1-4,10,17H,5-7H2,(H,14,16)/b15-11+. The van der Waals surface area contributed by atoms with Crippen LogP contribution in [0.15, 0.2) is 29.4 Å². The quantitative estimate of drug-likeness (QED) is 0.387. The summed E-state index contributed by atoms with van der Waals surface area (Å²) in [4.78, 5) is 11.9. The maximum absolute atomic E-state index is 13.0. The lowest BCUT2D eigenvalue weighted by atomic mass is 10.1. The van der Waals surface area contributed by atoms with Crippen molar-refractivity contribution in [1.29, 1.82) is 0 Å². The molecule has 1 fully saturated rings. The third-order valence-electron chi connectivity index (χ3n) is 2.60. The highest BCUT2D eigenvalue weighted by Gasteiger charge is 2.21. The van der Waals surface area contributed by atoms with E-state index in [9.17, 15) is 9.18 Å². The fraction of sp³-hybridized carbons (Fsp3) is 0.333. The van der Waals surface area contributed by atoms with Gasteiger partial charge in [0, 0.05) is 24.0 Å². The molecule has 1 heterocycles. The Balaban J connectivity index is 1.97. The Kier molecular flexibility index (Phi) is 5.09. The van der Waals surface area contributed by atoms with E-state index in [1.54, 1.807) is 33.7 Å². The lowest BCUT2D eigenvalue weighted by Crippen LogP contribution is -2.41. The summed E-state index contributed by atoms with van der Waals surface area (Å²) in [5.41, 5.74) is 0.589. The SMILES string of the molecule is O=C(NC1CSSC1)/C(Cc1cccc(F)c1)=N/O. The molecule has 0 unspecified atom stereocenters. The Morgan fingerprint density at radius 3 is 2.84 bits per heavy atom. The monoisotopic (exact) mass is 300 g/mol. The number of hydrogen-bond donors (Lipinski definition) is 2. The van der Waals surface area contributed by atoms with E-state index in [2.05, 4.69) is 10.5 Å². The first-order chi connectivity index (χ1) is 9.19. The second-order valence-electron chi connectivity index (χ2n) is 4.09. The molecule has 0 aromatic heterocycles. The molecule has 0 radical (unpaired) electrons. The maximum atomic E-state index is 13.0. The van der Waals surface area contributed by atoms with Gasteiger partial charge in [0.25, 0.3) is 5.91 Å². The lowest BCUT2D eigenvalue weighted by molar-refractivity contribution is -0.115. The molecular formula is C12H13FN2O2S2. The molecule has 1 aliphatic heterocycles. The van der Waals surface area contributed by atoms with Crippen molar-refractivity contribution in [2.24, 2.45) is 5.16 Å². The maximum Gasteiger partial charge on any atom is 0.269 e. The molecule has 1 saturated heterocycles. The Labute approximate surface area is 118 Å². The van der Waals surface area contributed by atoms with Crippen LogP contribution in [0.1, 0.15) is 5.56 Å². The van der Waals surface area contributed by atoms with Crippen molar-refractivity contribution in [2.45, 2.75) is 12.5 Å². The lowest BCUT2D eigenvalue weighted by Gasteiger charge is -2.11. The van der Waals surface area contributed by atoms with Gasteiger partial charge in [0.1, 0.15) is 11.5 Å². The third-order valence-corrected chi connectivity index (χ3v) is 5.16. The van der Waals surface area contributed by atoms with Crippen molar-refractivity contribution in [3.05, 3.63) is 35.6 Å². The van der Waals surface area contributed by atoms with E-state index in [4.69, 9.17) is 5.21 Å². The number of rotatable bonds is 4. The highest BCUT2D eigenvalue weighted by molar-refractivity contribution is 8.77. The zero-order chi connectivity index (χ0) is 13.7. The van der Waals surface area contributed by atoms with Gasteiger partial charge in [-0.1, -0.05) is 38.9 Å². The van der Waals surface area contributed by atoms with Crippen molar-refractivity contribution in [1.82, 2.24) is 5.32 Å². The number of hydrogen-bond acceptors (Lipinski definition) is 5. The van der Waals surface area contributed by atoms with Crippen molar-refractivity contribution in [3.8, 4) is 0 Å². The van der Waals surface area contributed by atoms with Crippen LogP contribution < -0.4 is 5.32 Å². The summed E-state index contributed by atoms with van der Waals surface area (Å²) in [7, 11) is 3.40. The van der Waals surface area contributed by atoms with E-state index in [0.717, 1.165) is 11.5 Å². The van der Waals surface area contributed by atoms with Crippen LogP contribution in [0.4, 0.5) is 4.39 Å². The van der Waals surface area contributed by atoms with Gasteiger partial charge in [0.2, 0.25) is 0 Å². The fourth-order valence-corrected chi connectivity index (χ4v) is 4.30. The van der Waals surface area contributed by atoms with Crippen LogP contribution in [0.2, 0.25) is 0 Å². The van der Waals surface area contributed by atoms with Crippen LogP contribution in [-0.4, -0.2) is 34.4 Å². The number of amides is 1. The van der Waals surface area contributed by atoms with E-state index in [0.29, 0.717) is 5.56 Å². The summed E-state index contributed by atoms with van der Waals surface area (Å²) in [6, 6.07) is 5.98. The first-order valence-corrected chi connectivity index (χ1v) is 8.18. The predicted molar refractivity (Wildman–Crippen MR) is 76.2 cm³/mol. The molecule has 0 spiro atoms. The smallest absolute Gasteiger partial charge is 0.269 e. The highest BCUT2D eigenvalue weighted by atomic mass is 33.1. The topological polar surface area (TPSA) is 61.7 Å². The molecule has 0 atom stereocenters. The van der Waals surface area contributed by atoms with E-state index in [-0.39, 0.29) is 24.0 Å². The summed E-state index contributed by atoms with van der Waals surface area (Å²) >= 11 is 0. The molecule has 4 nitrogen and oxygen atoms in total. The average molecular weight is 300 g/mol. The van der Waals surface area contributed by atoms with Gasteiger partial charge in [-0.15, -0.1) is 0 Å². The predicted octanol–water partition coefficient (Wildman–Crippen LogP) is 2.08. The van der Waals surface area contributed by atoms with Crippen molar-refractivity contribution in [2.75, 3.05) is 11.5 Å². The summed E-state index contributed by atoms with van der Waals surface area (Å²) < 4.78 is 13.0. The Bertz CT molecular complexity index is 490. The number of carbonyl (C=O) groups excluding carboxylic acids is 1. The van der Waals surface area contributed by atoms with Crippen LogP contribution in [0.5, 0.6) is 0 Å². The highest BCUT2D eigenvalue weighted by Crippen LogP contribution is 2.30. The van der Waals surface area contributed by atoms with E-state index in [1.807, 2.05) is 0 Å². The largest absolute Gasteiger partial charge is 0.410 e. The number of oxime groups is 1. The number of halogens is 1. The van der Waals surface area contributed by atoms with Gasteiger partial charge in [-0.25, -0.2) is 4.39 Å². The first kappa shape index (κ1) is 14.2. The van der Waals surface area contributed by atoms with Crippen LogP contribution in [0, 0.1) is 5.82 Å². The number of nitrogens with zero attached hydrogens (tertiary/aromatic N) is 1. The van der Waals surface area contributed by atoms with Gasteiger partial charge in [0.15, 0.2) is 0 Å². The molecule has 0 bridgehead atoms. The molecule has 2 rings (SSSR count). The normalized spacial score (nSPS) is 16.6. The Morgan fingerprint density at radius 2 is 2.21 bits per heavy atom. The number of carbonyl (C=O) groups is 1.